The van der Waals surface area contributed by atoms with E-state index in [0.717, 1.165) is 19.4 Å². The first kappa shape index (κ1) is 11.8. The van der Waals surface area contributed by atoms with Gasteiger partial charge >= 0.3 is 0 Å². The molecule has 1 saturated heterocycles. The quantitative estimate of drug-likeness (QED) is 0.683. The number of hydrogen-bond donors (Lipinski definition) is 0. The molecular formula is C16H21NO. The van der Waals surface area contributed by atoms with Gasteiger partial charge in [0.2, 0.25) is 5.91 Å². The second kappa shape index (κ2) is 3.84. The third-order valence-electron chi connectivity index (χ3n) is 4.48. The van der Waals surface area contributed by atoms with Crippen molar-refractivity contribution in [3.05, 3.63) is 35.4 Å². The van der Waals surface area contributed by atoms with Crippen LogP contribution in [0.2, 0.25) is 0 Å². The molecule has 0 spiro atoms. The molecule has 2 nitrogen and oxygen atoms in total. The van der Waals surface area contributed by atoms with Crippen molar-refractivity contribution in [3.63, 3.8) is 0 Å². The lowest BCUT2D eigenvalue weighted by Gasteiger charge is -2.43. The van der Waals surface area contributed by atoms with Gasteiger partial charge in [0.05, 0.1) is 6.04 Å². The number of carbonyl (C=O) groups excluding carboxylic acids is 1. The molecule has 0 bridgehead atoms. The molecule has 2 aliphatic rings. The third-order valence-corrected chi connectivity index (χ3v) is 4.48. The molecule has 96 valence electrons. The highest BCUT2D eigenvalue weighted by Crippen LogP contribution is 2.47. The second-order valence-corrected chi connectivity index (χ2v) is 6.65. The molecule has 2 unspecified atom stereocenters. The van der Waals surface area contributed by atoms with E-state index in [1.165, 1.54) is 11.1 Å². The summed E-state index contributed by atoms with van der Waals surface area (Å²) in [5, 5.41) is 0. The van der Waals surface area contributed by atoms with E-state index < -0.39 is 0 Å². The first-order valence-corrected chi connectivity index (χ1v) is 6.87. The Morgan fingerprint density at radius 2 is 1.83 bits per heavy atom. The van der Waals surface area contributed by atoms with Crippen LogP contribution >= 0.6 is 0 Å². The smallest absolute Gasteiger partial charge is 0.223 e. The van der Waals surface area contributed by atoms with Gasteiger partial charge in [-0.1, -0.05) is 45.0 Å². The van der Waals surface area contributed by atoms with Crippen LogP contribution < -0.4 is 0 Å². The number of rotatable bonds is 0. The highest BCUT2D eigenvalue weighted by molar-refractivity contribution is 5.79. The summed E-state index contributed by atoms with van der Waals surface area (Å²) < 4.78 is 0. The zero-order valence-electron chi connectivity index (χ0n) is 11.4. The van der Waals surface area contributed by atoms with Gasteiger partial charge in [-0.2, -0.15) is 0 Å². The zero-order valence-corrected chi connectivity index (χ0v) is 11.4. The lowest BCUT2D eigenvalue weighted by Crippen LogP contribution is -2.40. The zero-order chi connectivity index (χ0) is 12.9. The average Bonchev–Trinajstić information content (AvgIpc) is 2.69. The topological polar surface area (TPSA) is 20.3 Å². The van der Waals surface area contributed by atoms with Gasteiger partial charge in [0.15, 0.2) is 0 Å². The van der Waals surface area contributed by atoms with Gasteiger partial charge in [-0.25, -0.2) is 0 Å². The fraction of sp³-hybridized carbons (Fsp3) is 0.562. The molecule has 18 heavy (non-hydrogen) atoms. The molecule has 3 rings (SSSR count). The Bertz CT molecular complexity index is 486. The number of amides is 1. The maximum absolute atomic E-state index is 12.0. The predicted octanol–water partition coefficient (Wildman–Crippen LogP) is 3.49. The van der Waals surface area contributed by atoms with Gasteiger partial charge < -0.3 is 4.90 Å². The molecule has 0 radical (unpaired) electrons. The van der Waals surface area contributed by atoms with Crippen molar-refractivity contribution in [1.29, 1.82) is 0 Å². The van der Waals surface area contributed by atoms with E-state index >= 15 is 0 Å². The van der Waals surface area contributed by atoms with Crippen LogP contribution in [0, 0.1) is 5.41 Å². The van der Waals surface area contributed by atoms with Crippen LogP contribution in [0.4, 0.5) is 0 Å². The monoisotopic (exact) mass is 243 g/mol. The highest BCUT2D eigenvalue weighted by atomic mass is 16.2. The van der Waals surface area contributed by atoms with Crippen molar-refractivity contribution >= 4 is 5.91 Å². The Hall–Kier alpha value is -1.31. The Morgan fingerprint density at radius 3 is 2.50 bits per heavy atom. The van der Waals surface area contributed by atoms with Crippen LogP contribution in [0.1, 0.15) is 56.7 Å². The first-order valence-electron chi connectivity index (χ1n) is 6.87. The third kappa shape index (κ3) is 1.66. The van der Waals surface area contributed by atoms with Crippen molar-refractivity contribution in [1.82, 2.24) is 4.90 Å². The van der Waals surface area contributed by atoms with E-state index in [2.05, 4.69) is 49.9 Å². The van der Waals surface area contributed by atoms with Crippen LogP contribution in [0.3, 0.4) is 0 Å². The molecule has 1 amide bonds. The molecule has 0 aliphatic carbocycles. The summed E-state index contributed by atoms with van der Waals surface area (Å²) >= 11 is 0. The van der Waals surface area contributed by atoms with Crippen LogP contribution in [0.25, 0.3) is 0 Å². The number of nitrogens with zero attached hydrogens (tertiary/aromatic N) is 1. The molecule has 2 atom stereocenters. The van der Waals surface area contributed by atoms with E-state index in [1.807, 2.05) is 0 Å². The molecule has 0 N–H and O–H groups in total. The Balaban J connectivity index is 2.11. The lowest BCUT2D eigenvalue weighted by molar-refractivity contribution is -0.130. The summed E-state index contributed by atoms with van der Waals surface area (Å²) in [6, 6.07) is 9.04. The van der Waals surface area contributed by atoms with E-state index in [9.17, 15) is 4.79 Å². The fourth-order valence-corrected chi connectivity index (χ4v) is 3.45. The predicted molar refractivity (Wildman–Crippen MR) is 72.3 cm³/mol. The van der Waals surface area contributed by atoms with E-state index in [-0.39, 0.29) is 5.41 Å². The van der Waals surface area contributed by atoms with Crippen molar-refractivity contribution in [3.8, 4) is 0 Å². The number of fused-ring (bicyclic) bond motifs is 3. The molecule has 2 heterocycles. The van der Waals surface area contributed by atoms with Gasteiger partial charge in [0.25, 0.3) is 0 Å². The van der Waals surface area contributed by atoms with Crippen LogP contribution in [-0.4, -0.2) is 17.4 Å². The summed E-state index contributed by atoms with van der Waals surface area (Å²) in [7, 11) is 0. The summed E-state index contributed by atoms with van der Waals surface area (Å²) in [6.07, 6.45) is 1.71. The molecule has 0 aromatic heterocycles. The molecule has 1 aromatic carbocycles. The summed E-state index contributed by atoms with van der Waals surface area (Å²) in [5.41, 5.74) is 3.04. The van der Waals surface area contributed by atoms with Gasteiger partial charge in [0.1, 0.15) is 0 Å². The van der Waals surface area contributed by atoms with Crippen molar-refractivity contribution in [2.75, 3.05) is 6.54 Å². The number of hydrogen-bond acceptors (Lipinski definition) is 1. The second-order valence-electron chi connectivity index (χ2n) is 6.65. The minimum Gasteiger partial charge on any atom is -0.335 e. The van der Waals surface area contributed by atoms with Gasteiger partial charge in [-0.3, -0.25) is 4.79 Å². The summed E-state index contributed by atoms with van der Waals surface area (Å²) in [6.45, 7) is 7.71. The number of carbonyl (C=O) groups is 1. The van der Waals surface area contributed by atoms with Crippen LogP contribution in [-0.2, 0) is 4.79 Å². The molecule has 1 fully saturated rings. The average molecular weight is 243 g/mol. The normalized spacial score (nSPS) is 27.1. The van der Waals surface area contributed by atoms with Crippen molar-refractivity contribution in [2.45, 2.75) is 45.6 Å². The SMILES string of the molecule is CC(C)(C)C1CN2C(=O)CCC2c2ccccc21. The number of benzene rings is 1. The van der Waals surface area contributed by atoms with Gasteiger partial charge in [-0.15, -0.1) is 0 Å². The Kier molecular flexibility index (Phi) is 2.51. The maximum Gasteiger partial charge on any atom is 0.223 e. The first-order chi connectivity index (χ1) is 8.48. The molecular weight excluding hydrogens is 222 g/mol. The lowest BCUT2D eigenvalue weighted by atomic mass is 9.72. The minimum absolute atomic E-state index is 0.198. The van der Waals surface area contributed by atoms with Crippen LogP contribution in [0.5, 0.6) is 0 Å². The van der Waals surface area contributed by atoms with E-state index in [4.69, 9.17) is 0 Å². The van der Waals surface area contributed by atoms with E-state index in [1.54, 1.807) is 0 Å². The molecule has 0 saturated carbocycles. The minimum atomic E-state index is 0.198. The van der Waals surface area contributed by atoms with Gasteiger partial charge in [0, 0.05) is 18.9 Å². The van der Waals surface area contributed by atoms with Crippen molar-refractivity contribution < 1.29 is 4.79 Å². The summed E-state index contributed by atoms with van der Waals surface area (Å²) in [5.74, 6) is 0.788. The van der Waals surface area contributed by atoms with E-state index in [0.29, 0.717) is 17.9 Å². The Labute approximate surface area is 109 Å². The maximum atomic E-state index is 12.0. The molecule has 2 aliphatic heterocycles. The largest absolute Gasteiger partial charge is 0.335 e. The fourth-order valence-electron chi connectivity index (χ4n) is 3.45. The molecule has 2 heteroatoms. The van der Waals surface area contributed by atoms with Crippen molar-refractivity contribution in [2.24, 2.45) is 5.41 Å². The van der Waals surface area contributed by atoms with Crippen LogP contribution in [0.15, 0.2) is 24.3 Å². The highest BCUT2D eigenvalue weighted by Gasteiger charge is 2.42. The standard InChI is InChI=1S/C16H21NO/c1-16(2,3)13-10-17-14(8-9-15(17)18)12-7-5-4-6-11(12)13/h4-7,13-14H,8-10H2,1-3H3. The summed E-state index contributed by atoms with van der Waals surface area (Å²) in [4.78, 5) is 14.1. The van der Waals surface area contributed by atoms with Gasteiger partial charge in [-0.05, 0) is 23.0 Å². The Morgan fingerprint density at radius 1 is 1.17 bits per heavy atom. The molecule has 1 aromatic rings.